The minimum atomic E-state index is 0.277. The van der Waals surface area contributed by atoms with Crippen molar-refractivity contribution < 1.29 is 18.6 Å². The van der Waals surface area contributed by atoms with Crippen molar-refractivity contribution in [3.8, 4) is 17.2 Å². The Morgan fingerprint density at radius 2 is 1.67 bits per heavy atom. The van der Waals surface area contributed by atoms with Gasteiger partial charge in [0.2, 0.25) is 17.7 Å². The van der Waals surface area contributed by atoms with Crippen molar-refractivity contribution in [1.29, 1.82) is 0 Å². The highest BCUT2D eigenvalue weighted by Gasteiger charge is 2.14. The Hall–Kier alpha value is -3.86. The lowest BCUT2D eigenvalue weighted by atomic mass is 10.2. The number of nitrogens with zero attached hydrogens (tertiary/aromatic N) is 3. The summed E-state index contributed by atoms with van der Waals surface area (Å²) in [7, 11) is 4.64. The molecular formula is C22H26N6O4S. The van der Waals surface area contributed by atoms with Crippen molar-refractivity contribution in [3.63, 3.8) is 0 Å². The summed E-state index contributed by atoms with van der Waals surface area (Å²) in [6, 6.07) is 9.01. The molecule has 0 unspecified atom stereocenters. The Labute approximate surface area is 197 Å². The van der Waals surface area contributed by atoms with Crippen LogP contribution in [0.4, 0.5) is 11.6 Å². The second kappa shape index (κ2) is 11.1. The zero-order chi connectivity index (χ0) is 23.8. The van der Waals surface area contributed by atoms with Gasteiger partial charge in [0.25, 0.3) is 0 Å². The molecule has 0 saturated heterocycles. The lowest BCUT2D eigenvalue weighted by Gasteiger charge is -2.17. The van der Waals surface area contributed by atoms with E-state index in [0.717, 1.165) is 11.4 Å². The van der Waals surface area contributed by atoms with Crippen LogP contribution in [0.5, 0.6) is 17.2 Å². The fourth-order valence-electron chi connectivity index (χ4n) is 2.98. The molecule has 0 aliphatic rings. The monoisotopic (exact) mass is 470 g/mol. The molecule has 33 heavy (non-hydrogen) atoms. The van der Waals surface area contributed by atoms with Gasteiger partial charge in [-0.05, 0) is 44.3 Å². The van der Waals surface area contributed by atoms with Crippen LogP contribution in [0.1, 0.15) is 17.1 Å². The Morgan fingerprint density at radius 1 is 1.00 bits per heavy atom. The van der Waals surface area contributed by atoms with Crippen LogP contribution in [0, 0.1) is 13.8 Å². The second-order valence-corrected chi connectivity index (χ2v) is 7.24. The van der Waals surface area contributed by atoms with Crippen molar-refractivity contribution in [1.82, 2.24) is 15.3 Å². The molecule has 2 aromatic heterocycles. The van der Waals surface area contributed by atoms with E-state index in [1.54, 1.807) is 45.8 Å². The van der Waals surface area contributed by atoms with Gasteiger partial charge >= 0.3 is 0 Å². The zero-order valence-electron chi connectivity index (χ0n) is 19.1. The number of aromatic nitrogens is 2. The molecule has 0 saturated carbocycles. The number of aliphatic imine (C=N–C) groups is 1. The lowest BCUT2D eigenvalue weighted by Crippen LogP contribution is -2.39. The summed E-state index contributed by atoms with van der Waals surface area (Å²) < 4.78 is 21.5. The molecule has 3 rings (SSSR count). The zero-order valence-corrected chi connectivity index (χ0v) is 19.9. The lowest BCUT2D eigenvalue weighted by molar-refractivity contribution is 0.324. The summed E-state index contributed by atoms with van der Waals surface area (Å²) in [4.78, 5) is 13.3. The number of ether oxygens (including phenoxy) is 3. The number of rotatable bonds is 7. The molecule has 2 heterocycles. The van der Waals surface area contributed by atoms with Crippen LogP contribution in [0.15, 0.2) is 46.0 Å². The first-order valence-electron chi connectivity index (χ1n) is 9.96. The van der Waals surface area contributed by atoms with Gasteiger partial charge in [-0.1, -0.05) is 0 Å². The molecule has 0 spiro atoms. The molecule has 0 aliphatic heterocycles. The third-order valence-corrected chi connectivity index (χ3v) is 4.54. The van der Waals surface area contributed by atoms with Gasteiger partial charge in [-0.3, -0.25) is 5.32 Å². The van der Waals surface area contributed by atoms with Crippen molar-refractivity contribution in [2.75, 3.05) is 32.0 Å². The summed E-state index contributed by atoms with van der Waals surface area (Å²) in [5.74, 6) is 2.92. The van der Waals surface area contributed by atoms with Gasteiger partial charge in [0.1, 0.15) is 12.3 Å². The number of benzene rings is 1. The topological polar surface area (TPSA) is 115 Å². The third kappa shape index (κ3) is 6.56. The normalized spacial score (nSPS) is 11.0. The maximum atomic E-state index is 5.49. The van der Waals surface area contributed by atoms with Crippen LogP contribution in [0.3, 0.4) is 0 Å². The summed E-state index contributed by atoms with van der Waals surface area (Å²) >= 11 is 5.49. The molecule has 10 nitrogen and oxygen atoms in total. The van der Waals surface area contributed by atoms with Crippen molar-refractivity contribution >= 4 is 34.9 Å². The first-order valence-corrected chi connectivity index (χ1v) is 10.4. The molecule has 0 aliphatic carbocycles. The maximum Gasteiger partial charge on any atom is 0.229 e. The predicted molar refractivity (Wildman–Crippen MR) is 130 cm³/mol. The van der Waals surface area contributed by atoms with Crippen LogP contribution in [-0.4, -0.2) is 42.4 Å². The van der Waals surface area contributed by atoms with Gasteiger partial charge in [-0.25, -0.2) is 15.0 Å². The number of methoxy groups -OCH3 is 3. The number of aryl methyl sites for hydroxylation is 2. The largest absolute Gasteiger partial charge is 0.493 e. The summed E-state index contributed by atoms with van der Waals surface area (Å²) in [5, 5.41) is 9.50. The minimum absolute atomic E-state index is 0.277. The van der Waals surface area contributed by atoms with Crippen molar-refractivity contribution in [2.45, 2.75) is 20.4 Å². The quantitative estimate of drug-likeness (QED) is 0.268. The van der Waals surface area contributed by atoms with Crippen LogP contribution in [-0.2, 0) is 6.54 Å². The van der Waals surface area contributed by atoms with E-state index in [2.05, 4.69) is 30.9 Å². The molecule has 3 N–H and O–H groups in total. The third-order valence-electron chi connectivity index (χ3n) is 4.34. The molecule has 0 radical (unpaired) electrons. The average molecular weight is 471 g/mol. The van der Waals surface area contributed by atoms with E-state index in [9.17, 15) is 0 Å². The SMILES string of the molecule is COc1cc(NC(=S)NC(=NCc2ccco2)Nc2nc(C)cc(C)n2)cc(OC)c1OC. The maximum absolute atomic E-state index is 5.49. The van der Waals surface area contributed by atoms with E-state index in [0.29, 0.717) is 47.1 Å². The van der Waals surface area contributed by atoms with Crippen molar-refractivity contribution in [2.24, 2.45) is 4.99 Å². The van der Waals surface area contributed by atoms with E-state index < -0.39 is 0 Å². The van der Waals surface area contributed by atoms with E-state index >= 15 is 0 Å². The summed E-state index contributed by atoms with van der Waals surface area (Å²) in [5.41, 5.74) is 2.29. The average Bonchev–Trinajstić information content (AvgIpc) is 3.29. The molecule has 0 amide bonds. The van der Waals surface area contributed by atoms with Crippen LogP contribution in [0.25, 0.3) is 0 Å². The van der Waals surface area contributed by atoms with Gasteiger partial charge in [0, 0.05) is 29.2 Å². The second-order valence-electron chi connectivity index (χ2n) is 6.84. The molecule has 0 bridgehead atoms. The van der Waals surface area contributed by atoms with E-state index in [-0.39, 0.29) is 5.11 Å². The van der Waals surface area contributed by atoms with Crippen LogP contribution >= 0.6 is 12.2 Å². The molecule has 1 aromatic carbocycles. The number of anilines is 2. The fraction of sp³-hybridized carbons (Fsp3) is 0.273. The first-order chi connectivity index (χ1) is 15.9. The van der Waals surface area contributed by atoms with Gasteiger partial charge in [0.15, 0.2) is 16.6 Å². The predicted octanol–water partition coefficient (Wildman–Crippen LogP) is 3.67. The van der Waals surface area contributed by atoms with Gasteiger partial charge in [0.05, 0.1) is 27.6 Å². The minimum Gasteiger partial charge on any atom is -0.493 e. The molecule has 0 atom stereocenters. The number of nitrogens with one attached hydrogen (secondary N) is 3. The highest BCUT2D eigenvalue weighted by atomic mass is 32.1. The highest BCUT2D eigenvalue weighted by molar-refractivity contribution is 7.80. The summed E-state index contributed by atoms with van der Waals surface area (Å²) in [6.45, 7) is 4.08. The first kappa shape index (κ1) is 23.8. The Kier molecular flexibility index (Phi) is 8.03. The van der Waals surface area contributed by atoms with Crippen molar-refractivity contribution in [3.05, 3.63) is 53.7 Å². The molecule has 3 aromatic rings. The Balaban J connectivity index is 1.80. The smallest absolute Gasteiger partial charge is 0.229 e. The number of guanidine groups is 1. The van der Waals surface area contributed by atoms with E-state index in [1.165, 1.54) is 0 Å². The molecule has 11 heteroatoms. The fourth-order valence-corrected chi connectivity index (χ4v) is 3.20. The molecule has 0 fully saturated rings. The Morgan fingerprint density at radius 3 is 2.21 bits per heavy atom. The highest BCUT2D eigenvalue weighted by Crippen LogP contribution is 2.39. The van der Waals surface area contributed by atoms with Crippen LogP contribution < -0.4 is 30.2 Å². The number of furan rings is 1. The summed E-state index contributed by atoms with van der Waals surface area (Å²) in [6.07, 6.45) is 1.59. The van der Waals surface area contributed by atoms with E-state index in [4.69, 9.17) is 30.8 Å². The number of hydrogen-bond acceptors (Lipinski definition) is 8. The number of thiocarbonyl (C=S) groups is 1. The molecular weight excluding hydrogens is 444 g/mol. The standard InChI is InChI=1S/C22H26N6O4S/c1-13-9-14(2)25-21(24-13)27-20(23-12-16-7-6-8-32-16)28-22(33)26-15-10-17(29-3)19(31-5)18(11-15)30-4/h6-11H,12H2,1-5H3,(H3,23,24,25,26,27,28,33). The Bertz CT molecular complexity index is 1090. The van der Waals surface area contributed by atoms with Crippen LogP contribution in [0.2, 0.25) is 0 Å². The molecule has 174 valence electrons. The number of hydrogen-bond donors (Lipinski definition) is 3. The van der Waals surface area contributed by atoms with Gasteiger partial charge < -0.3 is 29.3 Å². The van der Waals surface area contributed by atoms with Gasteiger partial charge in [-0.15, -0.1) is 0 Å². The van der Waals surface area contributed by atoms with Gasteiger partial charge in [-0.2, -0.15) is 0 Å². The van der Waals surface area contributed by atoms with E-state index in [1.807, 2.05) is 26.0 Å².